The average molecular weight is 434 g/mol. The van der Waals surface area contributed by atoms with Crippen molar-refractivity contribution >= 4 is 11.0 Å². The largest absolute Gasteiger partial charge is 0.508 e. The summed E-state index contributed by atoms with van der Waals surface area (Å²) >= 11 is 0. The number of aliphatic hydroxyl groups is 3. The van der Waals surface area contributed by atoms with Gasteiger partial charge in [-0.05, 0) is 17.7 Å². The van der Waals surface area contributed by atoms with Gasteiger partial charge in [0.2, 0.25) is 6.29 Å². The topological polar surface area (TPSA) is 179 Å². The van der Waals surface area contributed by atoms with Gasteiger partial charge >= 0.3 is 5.63 Å². The highest BCUT2D eigenvalue weighted by Crippen LogP contribution is 2.39. The van der Waals surface area contributed by atoms with Gasteiger partial charge in [-0.3, -0.25) is 0 Å². The van der Waals surface area contributed by atoms with E-state index in [1.54, 1.807) is 0 Å². The SMILES string of the molecule is O=c1cc(-c2ccc(O)c(O)c2)c2c(OOC3OCC(O)C(O)C3O)cc(O)cc2o1. The lowest BCUT2D eigenvalue weighted by Gasteiger charge is -2.33. The van der Waals surface area contributed by atoms with Crippen molar-refractivity contribution in [2.75, 3.05) is 6.61 Å². The van der Waals surface area contributed by atoms with Gasteiger partial charge in [0.15, 0.2) is 17.2 Å². The molecule has 0 bridgehead atoms. The van der Waals surface area contributed by atoms with Crippen molar-refractivity contribution in [3.63, 3.8) is 0 Å². The van der Waals surface area contributed by atoms with E-state index in [0.29, 0.717) is 5.56 Å². The van der Waals surface area contributed by atoms with Gasteiger partial charge in [-0.25, -0.2) is 4.79 Å². The molecule has 0 radical (unpaired) electrons. The second kappa shape index (κ2) is 8.06. The maximum atomic E-state index is 12.0. The number of aromatic hydroxyl groups is 3. The van der Waals surface area contributed by atoms with Crippen molar-refractivity contribution in [1.82, 2.24) is 0 Å². The van der Waals surface area contributed by atoms with E-state index in [-0.39, 0.29) is 40.4 Å². The highest BCUT2D eigenvalue weighted by atomic mass is 17.2. The summed E-state index contributed by atoms with van der Waals surface area (Å²) in [6, 6.07) is 7.30. The van der Waals surface area contributed by atoms with Crippen molar-refractivity contribution in [1.29, 1.82) is 0 Å². The normalized spacial score (nSPS) is 23.7. The molecule has 0 amide bonds. The Morgan fingerprint density at radius 1 is 0.935 bits per heavy atom. The Kier molecular flexibility index (Phi) is 5.43. The van der Waals surface area contributed by atoms with Crippen LogP contribution in [0.25, 0.3) is 22.1 Å². The zero-order chi connectivity index (χ0) is 22.3. The zero-order valence-electron chi connectivity index (χ0n) is 15.7. The summed E-state index contributed by atoms with van der Waals surface area (Å²) in [7, 11) is 0. The number of fused-ring (bicyclic) bond motifs is 1. The standard InChI is InChI=1S/C20H18O11/c21-9-4-14-17(10(6-16(25)29-14)8-1-2-11(22)12(23)3-8)15(5-9)30-31-20-19(27)18(26)13(24)7-28-20/h1-6,13,18-24,26-27H,7H2. The lowest BCUT2D eigenvalue weighted by Crippen LogP contribution is -2.54. The Hall–Kier alpha value is -3.35. The number of hydrogen-bond acceptors (Lipinski definition) is 11. The Balaban J connectivity index is 1.76. The van der Waals surface area contributed by atoms with Crippen LogP contribution in [-0.4, -0.2) is 61.8 Å². The molecule has 1 aromatic heterocycles. The first kappa shape index (κ1) is 20.9. The Morgan fingerprint density at radius 2 is 1.71 bits per heavy atom. The molecule has 3 aromatic rings. The molecule has 6 N–H and O–H groups in total. The fraction of sp³-hybridized carbons (Fsp3) is 0.250. The minimum Gasteiger partial charge on any atom is -0.508 e. The molecule has 0 saturated carbocycles. The number of hydrogen-bond donors (Lipinski definition) is 6. The van der Waals surface area contributed by atoms with Crippen LogP contribution in [-0.2, 0) is 9.62 Å². The number of ether oxygens (including phenoxy) is 1. The molecule has 4 unspecified atom stereocenters. The molecule has 0 spiro atoms. The predicted octanol–water partition coefficient (Wildman–Crippen LogP) is 0.326. The number of rotatable bonds is 4. The molecule has 1 saturated heterocycles. The van der Waals surface area contributed by atoms with Gasteiger partial charge < -0.3 is 44.7 Å². The van der Waals surface area contributed by atoms with E-state index in [0.717, 1.165) is 12.1 Å². The number of phenols is 3. The van der Waals surface area contributed by atoms with Crippen LogP contribution in [0.2, 0.25) is 0 Å². The third-order valence-corrected chi connectivity index (χ3v) is 4.77. The van der Waals surface area contributed by atoms with Crippen LogP contribution >= 0.6 is 0 Å². The monoisotopic (exact) mass is 434 g/mol. The van der Waals surface area contributed by atoms with Crippen LogP contribution in [0.1, 0.15) is 0 Å². The van der Waals surface area contributed by atoms with Crippen molar-refractivity contribution in [3.05, 3.63) is 46.8 Å². The van der Waals surface area contributed by atoms with Crippen LogP contribution in [0.5, 0.6) is 23.0 Å². The fourth-order valence-corrected chi connectivity index (χ4v) is 3.20. The molecular formula is C20H18O11. The van der Waals surface area contributed by atoms with Gasteiger partial charge in [-0.2, -0.15) is 4.89 Å². The second-order valence-electron chi connectivity index (χ2n) is 6.93. The minimum atomic E-state index is -1.63. The van der Waals surface area contributed by atoms with E-state index >= 15 is 0 Å². The predicted molar refractivity (Wildman–Crippen MR) is 102 cm³/mol. The summed E-state index contributed by atoms with van der Waals surface area (Å²) in [5.41, 5.74) is -0.290. The summed E-state index contributed by atoms with van der Waals surface area (Å²) in [4.78, 5) is 22.3. The summed E-state index contributed by atoms with van der Waals surface area (Å²) in [5.74, 6) is -1.27. The molecule has 1 aliphatic heterocycles. The molecule has 1 fully saturated rings. The lowest BCUT2D eigenvalue weighted by atomic mass is 10.0. The third-order valence-electron chi connectivity index (χ3n) is 4.77. The van der Waals surface area contributed by atoms with E-state index in [4.69, 9.17) is 18.9 Å². The van der Waals surface area contributed by atoms with Gasteiger partial charge in [-0.1, -0.05) is 6.07 Å². The van der Waals surface area contributed by atoms with Crippen LogP contribution in [0.3, 0.4) is 0 Å². The van der Waals surface area contributed by atoms with Crippen LogP contribution < -0.4 is 10.5 Å². The van der Waals surface area contributed by atoms with E-state index in [1.807, 2.05) is 0 Å². The van der Waals surface area contributed by atoms with Gasteiger partial charge in [0.1, 0.15) is 29.6 Å². The average Bonchev–Trinajstić information content (AvgIpc) is 2.72. The minimum absolute atomic E-state index is 0.0748. The summed E-state index contributed by atoms with van der Waals surface area (Å²) < 4.78 is 10.2. The molecule has 4 atom stereocenters. The third kappa shape index (κ3) is 4.00. The summed E-state index contributed by atoms with van der Waals surface area (Å²) in [6.45, 7) is -0.319. The van der Waals surface area contributed by atoms with Gasteiger partial charge in [-0.15, -0.1) is 0 Å². The maximum absolute atomic E-state index is 12.0. The molecular weight excluding hydrogens is 416 g/mol. The lowest BCUT2D eigenvalue weighted by molar-refractivity contribution is -0.370. The number of benzene rings is 2. The molecule has 1 aliphatic rings. The van der Waals surface area contributed by atoms with Gasteiger partial charge in [0, 0.05) is 23.8 Å². The van der Waals surface area contributed by atoms with Gasteiger partial charge in [0.05, 0.1) is 12.0 Å². The van der Waals surface area contributed by atoms with Crippen LogP contribution in [0.4, 0.5) is 0 Å². The number of phenolic OH excluding ortho intramolecular Hbond substituents is 3. The van der Waals surface area contributed by atoms with Crippen molar-refractivity contribution in [3.8, 4) is 34.1 Å². The highest BCUT2D eigenvalue weighted by Gasteiger charge is 2.39. The van der Waals surface area contributed by atoms with Crippen molar-refractivity contribution in [2.24, 2.45) is 0 Å². The van der Waals surface area contributed by atoms with Crippen LogP contribution in [0, 0.1) is 0 Å². The van der Waals surface area contributed by atoms with E-state index < -0.39 is 36.0 Å². The summed E-state index contributed by atoms with van der Waals surface area (Å²) in [6.07, 6.45) is -5.93. The molecule has 2 aromatic carbocycles. The zero-order valence-corrected chi connectivity index (χ0v) is 15.7. The fourth-order valence-electron chi connectivity index (χ4n) is 3.20. The first-order valence-electron chi connectivity index (χ1n) is 9.07. The molecule has 164 valence electrons. The highest BCUT2D eigenvalue weighted by molar-refractivity contribution is 5.98. The molecule has 11 heteroatoms. The second-order valence-corrected chi connectivity index (χ2v) is 6.93. The first-order valence-corrected chi connectivity index (χ1v) is 9.07. The van der Waals surface area contributed by atoms with E-state index in [1.165, 1.54) is 24.3 Å². The van der Waals surface area contributed by atoms with Crippen LogP contribution in [0.15, 0.2) is 45.6 Å². The molecule has 31 heavy (non-hydrogen) atoms. The molecule has 11 nitrogen and oxygen atoms in total. The van der Waals surface area contributed by atoms with E-state index in [2.05, 4.69) is 0 Å². The Bertz CT molecular complexity index is 1170. The quantitative estimate of drug-likeness (QED) is 0.144. The maximum Gasteiger partial charge on any atom is 0.336 e. The molecule has 2 heterocycles. The van der Waals surface area contributed by atoms with Crippen molar-refractivity contribution in [2.45, 2.75) is 24.6 Å². The number of aliphatic hydroxyl groups excluding tert-OH is 3. The molecule has 4 rings (SSSR count). The smallest absolute Gasteiger partial charge is 0.336 e. The van der Waals surface area contributed by atoms with Crippen molar-refractivity contribution < 1.29 is 49.6 Å². The Labute approximate surface area is 173 Å². The Morgan fingerprint density at radius 3 is 2.45 bits per heavy atom. The first-order chi connectivity index (χ1) is 14.7. The van der Waals surface area contributed by atoms with E-state index in [9.17, 15) is 35.4 Å². The van der Waals surface area contributed by atoms with Gasteiger partial charge in [0.25, 0.3) is 0 Å². The molecule has 0 aliphatic carbocycles. The summed E-state index contributed by atoms with van der Waals surface area (Å²) in [5, 5.41) is 58.8.